The third-order valence-corrected chi connectivity index (χ3v) is 4.04. The van der Waals surface area contributed by atoms with Gasteiger partial charge in [0.25, 0.3) is 5.91 Å². The number of methoxy groups -OCH3 is 1. The number of hydrogen-bond acceptors (Lipinski definition) is 3. The molecule has 1 N–H and O–H groups in total. The maximum atomic E-state index is 12.8. The van der Waals surface area contributed by atoms with E-state index in [0.29, 0.717) is 23.4 Å². The van der Waals surface area contributed by atoms with Crippen LogP contribution >= 0.6 is 0 Å². The van der Waals surface area contributed by atoms with Crippen LogP contribution in [0.15, 0.2) is 48.5 Å². The molecule has 2 aromatic rings. The molecule has 2 aromatic carbocycles. The highest BCUT2D eigenvalue weighted by Gasteiger charge is 2.20. The fourth-order valence-electron chi connectivity index (χ4n) is 2.67. The van der Waals surface area contributed by atoms with E-state index in [1.54, 1.807) is 32.3 Å². The fourth-order valence-corrected chi connectivity index (χ4v) is 2.67. The Kier molecular flexibility index (Phi) is 6.17. The Morgan fingerprint density at radius 1 is 1.12 bits per heavy atom. The first-order valence-corrected chi connectivity index (χ1v) is 8.23. The Bertz CT molecular complexity index is 742. The molecule has 0 bridgehead atoms. The lowest BCUT2D eigenvalue weighted by molar-refractivity contribution is -0.117. The maximum absolute atomic E-state index is 12.8. The van der Waals surface area contributed by atoms with E-state index in [-0.39, 0.29) is 17.7 Å². The molecule has 25 heavy (non-hydrogen) atoms. The van der Waals surface area contributed by atoms with Gasteiger partial charge < -0.3 is 15.0 Å². The van der Waals surface area contributed by atoms with Crippen LogP contribution < -0.4 is 10.1 Å². The summed E-state index contributed by atoms with van der Waals surface area (Å²) in [6.07, 6.45) is 0.675. The van der Waals surface area contributed by atoms with E-state index >= 15 is 0 Å². The third-order valence-electron chi connectivity index (χ3n) is 4.04. The van der Waals surface area contributed by atoms with Crippen molar-refractivity contribution in [1.29, 1.82) is 0 Å². The number of amides is 2. The topological polar surface area (TPSA) is 58.6 Å². The van der Waals surface area contributed by atoms with Crippen molar-refractivity contribution in [2.45, 2.75) is 19.3 Å². The molecule has 0 spiro atoms. The van der Waals surface area contributed by atoms with Crippen LogP contribution in [-0.4, -0.2) is 37.9 Å². The van der Waals surface area contributed by atoms with Crippen LogP contribution in [-0.2, 0) is 4.79 Å². The Labute approximate surface area is 148 Å². The smallest absolute Gasteiger partial charge is 0.253 e. The summed E-state index contributed by atoms with van der Waals surface area (Å²) in [6, 6.07) is 14.7. The first-order valence-electron chi connectivity index (χ1n) is 8.23. The molecule has 0 aliphatic carbocycles. The predicted octanol–water partition coefficient (Wildman–Crippen LogP) is 3.53. The second kappa shape index (κ2) is 8.33. The van der Waals surface area contributed by atoms with Gasteiger partial charge >= 0.3 is 0 Å². The fraction of sp³-hybridized carbons (Fsp3) is 0.300. The van der Waals surface area contributed by atoms with Crippen molar-refractivity contribution in [3.8, 4) is 5.75 Å². The summed E-state index contributed by atoms with van der Waals surface area (Å²) in [5.74, 6) is 0.000360. The molecule has 0 radical (unpaired) electrons. The lowest BCUT2D eigenvalue weighted by Crippen LogP contribution is -2.23. The van der Waals surface area contributed by atoms with E-state index in [4.69, 9.17) is 4.74 Å². The number of carbonyl (C=O) groups excluding carboxylic acids is 2. The van der Waals surface area contributed by atoms with Gasteiger partial charge in [-0.15, -0.1) is 0 Å². The first kappa shape index (κ1) is 18.5. The molecule has 0 saturated carbocycles. The van der Waals surface area contributed by atoms with Crippen molar-refractivity contribution in [3.05, 3.63) is 59.7 Å². The highest BCUT2D eigenvalue weighted by Crippen LogP contribution is 2.28. The summed E-state index contributed by atoms with van der Waals surface area (Å²) in [6.45, 7) is 1.97. The second-order valence-electron chi connectivity index (χ2n) is 5.98. The third kappa shape index (κ3) is 4.38. The van der Waals surface area contributed by atoms with Crippen molar-refractivity contribution in [1.82, 2.24) is 4.90 Å². The van der Waals surface area contributed by atoms with E-state index in [9.17, 15) is 9.59 Å². The molecule has 0 unspecified atom stereocenters. The largest absolute Gasteiger partial charge is 0.495 e. The minimum absolute atomic E-state index is 0.124. The zero-order chi connectivity index (χ0) is 18.4. The van der Waals surface area contributed by atoms with Gasteiger partial charge in [0.1, 0.15) is 5.75 Å². The number of carbonyl (C=O) groups is 2. The number of rotatable bonds is 6. The van der Waals surface area contributed by atoms with E-state index in [0.717, 1.165) is 5.56 Å². The van der Waals surface area contributed by atoms with Gasteiger partial charge in [0, 0.05) is 19.7 Å². The monoisotopic (exact) mass is 340 g/mol. The highest BCUT2D eigenvalue weighted by molar-refractivity contribution is 6.00. The van der Waals surface area contributed by atoms with E-state index in [1.165, 1.54) is 12.0 Å². The molecule has 0 heterocycles. The van der Waals surface area contributed by atoms with Crippen LogP contribution in [0, 0.1) is 0 Å². The van der Waals surface area contributed by atoms with E-state index in [1.807, 2.05) is 37.3 Å². The van der Waals surface area contributed by atoms with E-state index in [2.05, 4.69) is 5.32 Å². The standard InChI is InChI=1S/C20H24N2O3/c1-5-16(14-9-7-6-8-10-14)19(23)21-17-13-15(20(24)22(2)3)11-12-18(17)25-4/h6-13,16H,5H2,1-4H3,(H,21,23)/t16-/m1/s1. The molecular weight excluding hydrogens is 316 g/mol. The molecule has 5 nitrogen and oxygen atoms in total. The summed E-state index contributed by atoms with van der Waals surface area (Å²) in [4.78, 5) is 26.4. The second-order valence-corrected chi connectivity index (χ2v) is 5.98. The van der Waals surface area contributed by atoms with Crippen LogP contribution in [0.2, 0.25) is 0 Å². The summed E-state index contributed by atoms with van der Waals surface area (Å²) in [5.41, 5.74) is 1.95. The molecular formula is C20H24N2O3. The molecule has 0 saturated heterocycles. The first-order chi connectivity index (χ1) is 12.0. The van der Waals surface area contributed by atoms with Crippen LogP contribution in [0.1, 0.15) is 35.2 Å². The normalized spacial score (nSPS) is 11.5. The minimum atomic E-state index is -0.265. The number of nitrogens with zero attached hydrogens (tertiary/aromatic N) is 1. The SMILES string of the molecule is CC[C@@H](C(=O)Nc1cc(C(=O)N(C)C)ccc1OC)c1ccccc1. The zero-order valence-corrected chi connectivity index (χ0v) is 15.1. The van der Waals surface area contributed by atoms with E-state index < -0.39 is 0 Å². The number of ether oxygens (including phenoxy) is 1. The number of hydrogen-bond donors (Lipinski definition) is 1. The highest BCUT2D eigenvalue weighted by atomic mass is 16.5. The van der Waals surface area contributed by atoms with Gasteiger partial charge in [-0.05, 0) is 30.2 Å². The Hall–Kier alpha value is -2.82. The molecule has 2 rings (SSSR count). The van der Waals surface area contributed by atoms with Gasteiger partial charge in [0.2, 0.25) is 5.91 Å². The number of anilines is 1. The van der Waals surface area contributed by atoms with Crippen molar-refractivity contribution in [2.75, 3.05) is 26.5 Å². The average Bonchev–Trinajstić information content (AvgIpc) is 2.62. The summed E-state index contributed by atoms with van der Waals surface area (Å²) in [7, 11) is 4.91. The number of nitrogens with one attached hydrogen (secondary N) is 1. The molecule has 5 heteroatoms. The van der Waals surface area contributed by atoms with Gasteiger partial charge in [0.15, 0.2) is 0 Å². The molecule has 0 aliphatic heterocycles. The zero-order valence-electron chi connectivity index (χ0n) is 15.1. The Morgan fingerprint density at radius 3 is 2.36 bits per heavy atom. The van der Waals surface area contributed by atoms with Gasteiger partial charge in [0.05, 0.1) is 18.7 Å². The van der Waals surface area contributed by atoms with Crippen molar-refractivity contribution < 1.29 is 14.3 Å². The molecule has 0 aliphatic rings. The Morgan fingerprint density at radius 2 is 1.80 bits per heavy atom. The van der Waals surface area contributed by atoms with Crippen molar-refractivity contribution in [2.24, 2.45) is 0 Å². The molecule has 0 aromatic heterocycles. The van der Waals surface area contributed by atoms with Crippen molar-refractivity contribution in [3.63, 3.8) is 0 Å². The van der Waals surface area contributed by atoms with Crippen LogP contribution in [0.3, 0.4) is 0 Å². The predicted molar refractivity (Wildman–Crippen MR) is 99.1 cm³/mol. The van der Waals surface area contributed by atoms with Crippen molar-refractivity contribution >= 4 is 17.5 Å². The van der Waals surface area contributed by atoms with Gasteiger partial charge in [-0.1, -0.05) is 37.3 Å². The summed E-state index contributed by atoms with van der Waals surface area (Å²) in [5, 5.41) is 2.91. The quantitative estimate of drug-likeness (QED) is 0.875. The minimum Gasteiger partial charge on any atom is -0.495 e. The Balaban J connectivity index is 2.29. The average molecular weight is 340 g/mol. The van der Waals surface area contributed by atoms with Crippen LogP contribution in [0.4, 0.5) is 5.69 Å². The summed E-state index contributed by atoms with van der Waals surface area (Å²) >= 11 is 0. The molecule has 0 fully saturated rings. The summed E-state index contributed by atoms with van der Waals surface area (Å²) < 4.78 is 5.32. The molecule has 1 atom stereocenters. The van der Waals surface area contributed by atoms with Crippen LogP contribution in [0.25, 0.3) is 0 Å². The molecule has 132 valence electrons. The molecule has 2 amide bonds. The maximum Gasteiger partial charge on any atom is 0.253 e. The van der Waals surface area contributed by atoms with Gasteiger partial charge in [-0.3, -0.25) is 9.59 Å². The lowest BCUT2D eigenvalue weighted by Gasteiger charge is -2.18. The number of benzene rings is 2. The van der Waals surface area contributed by atoms with Gasteiger partial charge in [-0.2, -0.15) is 0 Å². The van der Waals surface area contributed by atoms with Gasteiger partial charge in [-0.25, -0.2) is 0 Å². The van der Waals surface area contributed by atoms with Crippen LogP contribution in [0.5, 0.6) is 5.75 Å². The lowest BCUT2D eigenvalue weighted by atomic mass is 9.95.